The molecule has 0 aromatic heterocycles. The van der Waals surface area contributed by atoms with Crippen LogP contribution in [-0.2, 0) is 14.2 Å². The number of rotatable bonds is 9. The number of halogens is 16. The molecule has 0 saturated carbocycles. The molecule has 0 aromatic carbocycles. The fourth-order valence-electron chi connectivity index (χ4n) is 0.939. The molecular formula is C9H2F16O3. The van der Waals surface area contributed by atoms with Crippen LogP contribution in [-0.4, -0.2) is 42.8 Å². The van der Waals surface area contributed by atoms with Gasteiger partial charge in [0, 0.05) is 0 Å². The summed E-state index contributed by atoms with van der Waals surface area (Å²) in [6.45, 7) is 1.62. The standard InChI is InChI=1S/C9H2F16O3/c1-2(10)3(11,12)26-7(19,20)8(21,22)27-5(15,16)4(13,14)6(17,18)28-9(23,24)25/h1H2. The van der Waals surface area contributed by atoms with E-state index in [2.05, 4.69) is 0 Å². The summed E-state index contributed by atoms with van der Waals surface area (Å²) >= 11 is 0. The normalized spacial score (nSPS) is 15.7. The van der Waals surface area contributed by atoms with Crippen molar-refractivity contribution in [1.29, 1.82) is 0 Å². The minimum absolute atomic E-state index is 1.30. The van der Waals surface area contributed by atoms with E-state index >= 15 is 0 Å². The molecule has 0 aliphatic heterocycles. The maximum absolute atomic E-state index is 12.8. The van der Waals surface area contributed by atoms with Crippen molar-refractivity contribution < 1.29 is 84.5 Å². The van der Waals surface area contributed by atoms with Crippen molar-refractivity contribution in [2.75, 3.05) is 0 Å². The lowest BCUT2D eigenvalue weighted by molar-refractivity contribution is -0.555. The van der Waals surface area contributed by atoms with Gasteiger partial charge in [-0.15, -0.1) is 13.2 Å². The number of ether oxygens (including phenoxy) is 3. The molecular weight excluding hydrogens is 460 g/mol. The minimum Gasteiger partial charge on any atom is -0.243 e. The first-order chi connectivity index (χ1) is 11.8. The third-order valence-electron chi connectivity index (χ3n) is 2.14. The fraction of sp³-hybridized carbons (Fsp3) is 0.778. The van der Waals surface area contributed by atoms with Crippen molar-refractivity contribution in [2.24, 2.45) is 0 Å². The molecule has 19 heteroatoms. The molecule has 0 radical (unpaired) electrons. The molecule has 0 fully saturated rings. The van der Waals surface area contributed by atoms with Gasteiger partial charge in [-0.1, -0.05) is 6.58 Å². The predicted molar refractivity (Wildman–Crippen MR) is 49.2 cm³/mol. The molecule has 0 spiro atoms. The van der Waals surface area contributed by atoms with Gasteiger partial charge in [0.1, 0.15) is 0 Å². The molecule has 0 unspecified atom stereocenters. The molecule has 0 rings (SSSR count). The summed E-state index contributed by atoms with van der Waals surface area (Å²) in [5, 5.41) is 0. The molecule has 3 nitrogen and oxygen atoms in total. The average Bonchev–Trinajstić information content (AvgIpc) is 2.31. The van der Waals surface area contributed by atoms with Gasteiger partial charge in [0.15, 0.2) is 5.83 Å². The van der Waals surface area contributed by atoms with Crippen LogP contribution in [0.3, 0.4) is 0 Å². The molecule has 0 N–H and O–H groups in total. The molecule has 0 saturated heterocycles. The van der Waals surface area contributed by atoms with Crippen molar-refractivity contribution in [1.82, 2.24) is 0 Å². The highest BCUT2D eigenvalue weighted by atomic mass is 19.4. The second kappa shape index (κ2) is 7.08. The first-order valence-corrected chi connectivity index (χ1v) is 5.60. The molecule has 0 bridgehead atoms. The molecule has 0 aliphatic carbocycles. The lowest BCUT2D eigenvalue weighted by Crippen LogP contribution is -2.62. The van der Waals surface area contributed by atoms with Gasteiger partial charge < -0.3 is 0 Å². The molecule has 0 aliphatic rings. The van der Waals surface area contributed by atoms with Gasteiger partial charge in [-0.05, 0) is 0 Å². The second-order valence-electron chi connectivity index (χ2n) is 4.32. The van der Waals surface area contributed by atoms with Gasteiger partial charge in [-0.25, -0.2) is 18.6 Å². The zero-order valence-electron chi connectivity index (χ0n) is 12.0. The lowest BCUT2D eigenvalue weighted by atomic mass is 10.3. The van der Waals surface area contributed by atoms with Crippen molar-refractivity contribution >= 4 is 0 Å². The van der Waals surface area contributed by atoms with E-state index in [1.165, 1.54) is 9.47 Å². The Morgan fingerprint density at radius 1 is 0.500 bits per heavy atom. The van der Waals surface area contributed by atoms with E-state index in [1.807, 2.05) is 0 Å². The smallest absolute Gasteiger partial charge is 0.243 e. The first-order valence-electron chi connectivity index (χ1n) is 5.60. The topological polar surface area (TPSA) is 27.7 Å². The maximum atomic E-state index is 12.8. The van der Waals surface area contributed by atoms with Gasteiger partial charge >= 0.3 is 42.8 Å². The second-order valence-corrected chi connectivity index (χ2v) is 4.32. The highest BCUT2D eigenvalue weighted by Crippen LogP contribution is 2.53. The van der Waals surface area contributed by atoms with Crippen molar-refractivity contribution in [3.05, 3.63) is 12.4 Å². The Kier molecular flexibility index (Phi) is 6.70. The largest absolute Gasteiger partial charge is 0.527 e. The molecule has 0 aromatic rings. The maximum Gasteiger partial charge on any atom is 0.527 e. The zero-order valence-corrected chi connectivity index (χ0v) is 12.0. The van der Waals surface area contributed by atoms with Crippen LogP contribution in [0, 0.1) is 0 Å². The van der Waals surface area contributed by atoms with E-state index in [9.17, 15) is 70.2 Å². The highest BCUT2D eigenvalue weighted by Gasteiger charge is 2.80. The fourth-order valence-corrected chi connectivity index (χ4v) is 0.939. The van der Waals surface area contributed by atoms with Gasteiger partial charge in [0.25, 0.3) is 0 Å². The van der Waals surface area contributed by atoms with Gasteiger partial charge in [0.05, 0.1) is 0 Å². The van der Waals surface area contributed by atoms with Gasteiger partial charge in [0.2, 0.25) is 0 Å². The minimum atomic E-state index is -7.73. The van der Waals surface area contributed by atoms with E-state index in [4.69, 9.17) is 0 Å². The van der Waals surface area contributed by atoms with E-state index in [-0.39, 0.29) is 0 Å². The van der Waals surface area contributed by atoms with Crippen LogP contribution in [0.15, 0.2) is 12.4 Å². The SMILES string of the molecule is C=C(F)C(F)(F)OC(F)(F)C(F)(F)OC(F)(F)C(F)(F)C(F)(F)OC(F)(F)F. The Morgan fingerprint density at radius 2 is 0.821 bits per heavy atom. The summed E-state index contributed by atoms with van der Waals surface area (Å²) in [5.74, 6) is -11.0. The van der Waals surface area contributed by atoms with E-state index in [1.54, 1.807) is 11.3 Å². The molecule has 168 valence electrons. The Labute approximate surface area is 141 Å². The number of alkyl halides is 15. The summed E-state index contributed by atoms with van der Waals surface area (Å²) in [4.78, 5) is 0. The third-order valence-corrected chi connectivity index (χ3v) is 2.14. The number of hydrogen-bond acceptors (Lipinski definition) is 3. The first kappa shape index (κ1) is 26.5. The summed E-state index contributed by atoms with van der Waals surface area (Å²) in [7, 11) is 0. The van der Waals surface area contributed by atoms with E-state index < -0.39 is 48.7 Å². The average molecular weight is 462 g/mol. The molecule has 0 atom stereocenters. The zero-order chi connectivity index (χ0) is 23.2. The number of hydrogen-bond donors (Lipinski definition) is 0. The monoisotopic (exact) mass is 462 g/mol. The van der Waals surface area contributed by atoms with Crippen LogP contribution in [0.5, 0.6) is 0 Å². The van der Waals surface area contributed by atoms with Crippen molar-refractivity contribution in [3.8, 4) is 0 Å². The van der Waals surface area contributed by atoms with Crippen LogP contribution in [0.25, 0.3) is 0 Å². The summed E-state index contributed by atoms with van der Waals surface area (Å²) < 4.78 is 204. The highest BCUT2D eigenvalue weighted by molar-refractivity contribution is 4.93. The summed E-state index contributed by atoms with van der Waals surface area (Å²) in [5.41, 5.74) is 0. The van der Waals surface area contributed by atoms with Crippen LogP contribution in [0.4, 0.5) is 70.2 Å². The Bertz CT molecular complexity index is 578. The van der Waals surface area contributed by atoms with E-state index in [0.717, 1.165) is 0 Å². The van der Waals surface area contributed by atoms with Crippen molar-refractivity contribution in [2.45, 2.75) is 42.8 Å². The van der Waals surface area contributed by atoms with Crippen LogP contribution in [0.1, 0.15) is 0 Å². The third kappa shape index (κ3) is 5.52. The molecule has 0 amide bonds. The Hall–Kier alpha value is -1.50. The van der Waals surface area contributed by atoms with Crippen LogP contribution >= 0.6 is 0 Å². The molecule has 0 heterocycles. The van der Waals surface area contributed by atoms with Crippen molar-refractivity contribution in [3.63, 3.8) is 0 Å². The Morgan fingerprint density at radius 3 is 1.14 bits per heavy atom. The van der Waals surface area contributed by atoms with Crippen LogP contribution in [0.2, 0.25) is 0 Å². The summed E-state index contributed by atoms with van der Waals surface area (Å²) in [6, 6.07) is 0. The van der Waals surface area contributed by atoms with Gasteiger partial charge in [-0.3, -0.25) is 0 Å². The lowest BCUT2D eigenvalue weighted by Gasteiger charge is -2.35. The molecule has 28 heavy (non-hydrogen) atoms. The van der Waals surface area contributed by atoms with E-state index in [0.29, 0.717) is 0 Å². The van der Waals surface area contributed by atoms with Crippen LogP contribution < -0.4 is 0 Å². The van der Waals surface area contributed by atoms with Gasteiger partial charge in [-0.2, -0.15) is 52.7 Å². The predicted octanol–water partition coefficient (Wildman–Crippen LogP) is 5.64. The quantitative estimate of drug-likeness (QED) is 0.416. The Balaban J connectivity index is 5.84. The summed E-state index contributed by atoms with van der Waals surface area (Å²) in [6.07, 6.45) is -42.4.